The molecule has 1 N–H and O–H groups in total. The summed E-state index contributed by atoms with van der Waals surface area (Å²) < 4.78 is 10.7. The molecule has 0 radical (unpaired) electrons. The lowest BCUT2D eigenvalue weighted by molar-refractivity contribution is -0.116. The van der Waals surface area contributed by atoms with Gasteiger partial charge in [0.2, 0.25) is 0 Å². The fraction of sp³-hybridized carbons (Fsp3) is 0.158. The van der Waals surface area contributed by atoms with Gasteiger partial charge in [-0.05, 0) is 42.3 Å². The van der Waals surface area contributed by atoms with Crippen LogP contribution in [-0.2, 0) is 4.79 Å². The molecule has 0 fully saturated rings. The van der Waals surface area contributed by atoms with E-state index in [9.17, 15) is 4.79 Å². The number of nitrogens with one attached hydrogen (secondary N) is 1. The van der Waals surface area contributed by atoms with Crippen molar-refractivity contribution in [2.24, 2.45) is 5.10 Å². The molecular weight excluding hydrogens is 304 g/mol. The first-order chi connectivity index (χ1) is 11.7. The molecule has 0 saturated heterocycles. The van der Waals surface area contributed by atoms with E-state index in [0.717, 1.165) is 11.1 Å². The van der Waals surface area contributed by atoms with Crippen LogP contribution in [0.25, 0.3) is 6.08 Å². The van der Waals surface area contributed by atoms with E-state index < -0.39 is 0 Å². The van der Waals surface area contributed by atoms with E-state index in [0.29, 0.717) is 18.1 Å². The van der Waals surface area contributed by atoms with Gasteiger partial charge >= 0.3 is 0 Å². The maximum atomic E-state index is 11.7. The molecule has 124 valence electrons. The molecule has 0 unspecified atom stereocenters. The minimum atomic E-state index is -0.298. The van der Waals surface area contributed by atoms with Crippen molar-refractivity contribution in [1.82, 2.24) is 5.43 Å². The van der Waals surface area contributed by atoms with E-state index in [-0.39, 0.29) is 5.91 Å². The number of ether oxygens (including phenoxy) is 2. The molecule has 0 aromatic heterocycles. The van der Waals surface area contributed by atoms with Crippen LogP contribution in [0, 0.1) is 0 Å². The van der Waals surface area contributed by atoms with Gasteiger partial charge in [-0.15, -0.1) is 0 Å². The Bertz CT molecular complexity index is 725. The Balaban J connectivity index is 1.93. The lowest BCUT2D eigenvalue weighted by Gasteiger charge is -2.09. The van der Waals surface area contributed by atoms with Gasteiger partial charge in [-0.2, -0.15) is 5.10 Å². The van der Waals surface area contributed by atoms with Gasteiger partial charge in [-0.25, -0.2) is 5.43 Å². The number of hydrazone groups is 1. The molecule has 0 aliphatic heterocycles. The molecule has 0 heterocycles. The summed E-state index contributed by atoms with van der Waals surface area (Å²) in [7, 11) is 1.58. The molecule has 0 bridgehead atoms. The minimum Gasteiger partial charge on any atom is -0.493 e. The first kappa shape index (κ1) is 17.3. The summed E-state index contributed by atoms with van der Waals surface area (Å²) in [5, 5.41) is 3.93. The molecule has 0 spiro atoms. The Morgan fingerprint density at radius 3 is 2.62 bits per heavy atom. The molecule has 1 amide bonds. The molecule has 24 heavy (non-hydrogen) atoms. The number of benzene rings is 2. The van der Waals surface area contributed by atoms with Crippen LogP contribution in [-0.4, -0.2) is 25.8 Å². The summed E-state index contributed by atoms with van der Waals surface area (Å²) in [5.74, 6) is 0.996. The van der Waals surface area contributed by atoms with Crippen LogP contribution in [0.3, 0.4) is 0 Å². The van der Waals surface area contributed by atoms with Crippen LogP contribution in [0.2, 0.25) is 0 Å². The maximum absolute atomic E-state index is 11.7. The average Bonchev–Trinajstić information content (AvgIpc) is 2.62. The molecule has 2 aromatic carbocycles. The van der Waals surface area contributed by atoms with Crippen molar-refractivity contribution in [2.45, 2.75) is 6.92 Å². The Hall–Kier alpha value is -3.08. The maximum Gasteiger partial charge on any atom is 0.264 e. The first-order valence-corrected chi connectivity index (χ1v) is 7.60. The third kappa shape index (κ3) is 5.28. The normalized spacial score (nSPS) is 10.9. The average molecular weight is 324 g/mol. The van der Waals surface area contributed by atoms with Crippen LogP contribution in [0.4, 0.5) is 0 Å². The third-order valence-corrected chi connectivity index (χ3v) is 3.10. The van der Waals surface area contributed by atoms with Crippen molar-refractivity contribution >= 4 is 18.2 Å². The minimum absolute atomic E-state index is 0.298. The van der Waals surface area contributed by atoms with Crippen molar-refractivity contribution in [3.05, 3.63) is 65.7 Å². The van der Waals surface area contributed by atoms with E-state index >= 15 is 0 Å². The van der Waals surface area contributed by atoms with E-state index in [1.54, 1.807) is 31.5 Å². The quantitative estimate of drug-likeness (QED) is 0.483. The molecule has 0 aliphatic carbocycles. The molecule has 0 atom stereocenters. The highest BCUT2D eigenvalue weighted by Crippen LogP contribution is 2.27. The standard InChI is InChI=1S/C19H20N2O3/c1-3-24-17-11-9-16(13-18(17)23-2)14-20-21-19(22)12-10-15-7-5-4-6-8-15/h4-14H,3H2,1-2H3,(H,21,22)/b12-10+,20-14?. The van der Waals surface area contributed by atoms with E-state index in [2.05, 4.69) is 10.5 Å². The summed E-state index contributed by atoms with van der Waals surface area (Å²) in [6.07, 6.45) is 4.71. The van der Waals surface area contributed by atoms with Crippen LogP contribution >= 0.6 is 0 Å². The summed E-state index contributed by atoms with van der Waals surface area (Å²) in [4.78, 5) is 11.7. The van der Waals surface area contributed by atoms with Gasteiger partial charge in [-0.1, -0.05) is 30.3 Å². The van der Waals surface area contributed by atoms with Crippen LogP contribution in [0.1, 0.15) is 18.1 Å². The molecule has 2 rings (SSSR count). The van der Waals surface area contributed by atoms with Crippen molar-refractivity contribution < 1.29 is 14.3 Å². The predicted octanol–water partition coefficient (Wildman–Crippen LogP) is 3.26. The Morgan fingerprint density at radius 2 is 1.92 bits per heavy atom. The SMILES string of the molecule is CCOc1ccc(C=NNC(=O)/C=C/c2ccccc2)cc1OC. The van der Waals surface area contributed by atoms with Gasteiger partial charge in [0.25, 0.3) is 5.91 Å². The monoisotopic (exact) mass is 324 g/mol. The highest BCUT2D eigenvalue weighted by molar-refractivity contribution is 5.92. The highest BCUT2D eigenvalue weighted by Gasteiger charge is 2.04. The molecule has 5 heteroatoms. The van der Waals surface area contributed by atoms with Crippen molar-refractivity contribution in [1.29, 1.82) is 0 Å². The van der Waals surface area contributed by atoms with Crippen molar-refractivity contribution in [2.75, 3.05) is 13.7 Å². The number of rotatable bonds is 7. The number of hydrogen-bond donors (Lipinski definition) is 1. The number of nitrogens with zero attached hydrogens (tertiary/aromatic N) is 1. The second kappa shape index (κ2) is 9.15. The van der Waals surface area contributed by atoms with E-state index in [4.69, 9.17) is 9.47 Å². The van der Waals surface area contributed by atoms with E-state index in [1.807, 2.05) is 43.3 Å². The lowest BCUT2D eigenvalue weighted by atomic mass is 10.2. The van der Waals surface area contributed by atoms with Crippen molar-refractivity contribution in [3.8, 4) is 11.5 Å². The highest BCUT2D eigenvalue weighted by atomic mass is 16.5. The Labute approximate surface area is 141 Å². The van der Waals surface area contributed by atoms with E-state index in [1.165, 1.54) is 6.08 Å². The fourth-order valence-electron chi connectivity index (χ4n) is 1.98. The van der Waals surface area contributed by atoms with Gasteiger partial charge in [0.05, 0.1) is 19.9 Å². The zero-order valence-electron chi connectivity index (χ0n) is 13.7. The van der Waals surface area contributed by atoms with Gasteiger partial charge in [0, 0.05) is 6.08 Å². The van der Waals surface area contributed by atoms with Gasteiger partial charge in [0.1, 0.15) is 0 Å². The smallest absolute Gasteiger partial charge is 0.264 e. The Morgan fingerprint density at radius 1 is 1.12 bits per heavy atom. The zero-order valence-corrected chi connectivity index (χ0v) is 13.7. The van der Waals surface area contributed by atoms with Crippen LogP contribution < -0.4 is 14.9 Å². The molecule has 0 aliphatic rings. The number of carbonyl (C=O) groups excluding carboxylic acids is 1. The number of carbonyl (C=O) groups is 1. The first-order valence-electron chi connectivity index (χ1n) is 7.60. The number of amides is 1. The molecule has 0 saturated carbocycles. The van der Waals surface area contributed by atoms with Crippen LogP contribution in [0.15, 0.2) is 59.7 Å². The Kier molecular flexibility index (Phi) is 6.58. The second-order valence-corrected chi connectivity index (χ2v) is 4.82. The summed E-state index contributed by atoms with van der Waals surface area (Å²) in [5.41, 5.74) is 4.20. The van der Waals surface area contributed by atoms with Gasteiger partial charge in [-0.3, -0.25) is 4.79 Å². The summed E-state index contributed by atoms with van der Waals surface area (Å²) >= 11 is 0. The fourth-order valence-corrected chi connectivity index (χ4v) is 1.98. The summed E-state index contributed by atoms with van der Waals surface area (Å²) in [6, 6.07) is 15.0. The lowest BCUT2D eigenvalue weighted by Crippen LogP contribution is -2.14. The second-order valence-electron chi connectivity index (χ2n) is 4.82. The predicted molar refractivity (Wildman–Crippen MR) is 95.4 cm³/mol. The molecular formula is C19H20N2O3. The van der Waals surface area contributed by atoms with Crippen molar-refractivity contribution in [3.63, 3.8) is 0 Å². The largest absolute Gasteiger partial charge is 0.493 e. The van der Waals surface area contributed by atoms with Gasteiger partial charge < -0.3 is 9.47 Å². The molecule has 5 nitrogen and oxygen atoms in total. The third-order valence-electron chi connectivity index (χ3n) is 3.10. The topological polar surface area (TPSA) is 59.9 Å². The number of methoxy groups -OCH3 is 1. The van der Waals surface area contributed by atoms with Crippen LogP contribution in [0.5, 0.6) is 11.5 Å². The van der Waals surface area contributed by atoms with Gasteiger partial charge in [0.15, 0.2) is 11.5 Å². The summed E-state index contributed by atoms with van der Waals surface area (Å²) in [6.45, 7) is 2.47. The number of hydrogen-bond acceptors (Lipinski definition) is 4. The zero-order chi connectivity index (χ0) is 17.2. The molecule has 2 aromatic rings.